The van der Waals surface area contributed by atoms with Crippen LogP contribution in [-0.2, 0) is 22.4 Å². The maximum absolute atomic E-state index is 11.9. The van der Waals surface area contributed by atoms with E-state index in [1.165, 1.54) is 7.11 Å². The third-order valence-electron chi connectivity index (χ3n) is 3.26. The van der Waals surface area contributed by atoms with Crippen molar-refractivity contribution in [2.75, 3.05) is 7.11 Å². The molecule has 0 aliphatic heterocycles. The van der Waals surface area contributed by atoms with E-state index in [-0.39, 0.29) is 18.7 Å². The Balaban J connectivity index is 1.86. The number of carbonyl (C=O) groups is 2. The predicted octanol–water partition coefficient (Wildman–Crippen LogP) is 1.43. The van der Waals surface area contributed by atoms with E-state index in [1.807, 2.05) is 30.3 Å². The van der Waals surface area contributed by atoms with E-state index < -0.39 is 12.0 Å². The lowest BCUT2D eigenvalue weighted by molar-refractivity contribution is -0.141. The molecule has 0 saturated heterocycles. The van der Waals surface area contributed by atoms with Gasteiger partial charge in [0.25, 0.3) is 5.88 Å². The summed E-state index contributed by atoms with van der Waals surface area (Å²) in [6, 6.07) is 9.77. The Morgan fingerprint density at radius 2 is 2.09 bits per heavy atom. The maximum Gasteiger partial charge on any atom is 0.326 e. The number of carboxylic acid groups (broad SMARTS) is 1. The zero-order valence-corrected chi connectivity index (χ0v) is 12.7. The minimum Gasteiger partial charge on any atom is -0.480 e. The Morgan fingerprint density at radius 3 is 2.70 bits per heavy atom. The third kappa shape index (κ3) is 5.14. The van der Waals surface area contributed by atoms with Crippen LogP contribution < -0.4 is 10.1 Å². The van der Waals surface area contributed by atoms with Gasteiger partial charge in [0.15, 0.2) is 0 Å². The van der Waals surface area contributed by atoms with Crippen LogP contribution >= 0.6 is 0 Å². The van der Waals surface area contributed by atoms with Crippen molar-refractivity contribution in [1.29, 1.82) is 0 Å². The fourth-order valence-electron chi connectivity index (χ4n) is 2.06. The van der Waals surface area contributed by atoms with E-state index in [0.717, 1.165) is 5.56 Å². The van der Waals surface area contributed by atoms with Crippen molar-refractivity contribution in [2.45, 2.75) is 25.3 Å². The van der Waals surface area contributed by atoms with Gasteiger partial charge < -0.3 is 19.7 Å². The second-order valence-electron chi connectivity index (χ2n) is 4.98. The van der Waals surface area contributed by atoms with Crippen LogP contribution in [0.1, 0.15) is 17.7 Å². The van der Waals surface area contributed by atoms with E-state index in [4.69, 9.17) is 9.26 Å². The predicted molar refractivity (Wildman–Crippen MR) is 81.1 cm³/mol. The van der Waals surface area contributed by atoms with Gasteiger partial charge in [0.1, 0.15) is 11.8 Å². The summed E-state index contributed by atoms with van der Waals surface area (Å²) in [5.41, 5.74) is 0.847. The van der Waals surface area contributed by atoms with Crippen LogP contribution in [0.5, 0.6) is 5.88 Å². The highest BCUT2D eigenvalue weighted by molar-refractivity contribution is 5.83. The summed E-state index contributed by atoms with van der Waals surface area (Å²) in [5.74, 6) is -0.577. The van der Waals surface area contributed by atoms with Gasteiger partial charge in [-0.2, -0.15) is 0 Å². The van der Waals surface area contributed by atoms with Crippen LogP contribution in [-0.4, -0.2) is 35.3 Å². The molecule has 2 N–H and O–H groups in total. The molecule has 7 heteroatoms. The molecule has 1 amide bonds. The summed E-state index contributed by atoms with van der Waals surface area (Å²) in [7, 11) is 1.47. The zero-order chi connectivity index (χ0) is 16.7. The van der Waals surface area contributed by atoms with Crippen LogP contribution in [0.25, 0.3) is 0 Å². The van der Waals surface area contributed by atoms with Crippen molar-refractivity contribution < 1.29 is 24.0 Å². The number of ether oxygens (including phenoxy) is 1. The standard InChI is InChI=1S/C16H18N2O5/c1-22-15-10-12(23-18-15)7-8-14(19)17-13(16(20)21)9-11-5-3-2-4-6-11/h2-6,10,13H,7-9H2,1H3,(H,17,19)(H,20,21)/t13-/m0/s1. The van der Waals surface area contributed by atoms with E-state index >= 15 is 0 Å². The van der Waals surface area contributed by atoms with Gasteiger partial charge in [-0.3, -0.25) is 4.79 Å². The first-order chi connectivity index (χ1) is 11.1. The van der Waals surface area contributed by atoms with E-state index in [0.29, 0.717) is 18.1 Å². The lowest BCUT2D eigenvalue weighted by Crippen LogP contribution is -2.42. The lowest BCUT2D eigenvalue weighted by atomic mass is 10.1. The van der Waals surface area contributed by atoms with Crippen molar-refractivity contribution in [1.82, 2.24) is 10.5 Å². The number of hydrogen-bond acceptors (Lipinski definition) is 5. The summed E-state index contributed by atoms with van der Waals surface area (Å²) in [6.07, 6.45) is 0.662. The molecule has 1 heterocycles. The van der Waals surface area contributed by atoms with Gasteiger partial charge >= 0.3 is 5.97 Å². The zero-order valence-electron chi connectivity index (χ0n) is 12.7. The first-order valence-electron chi connectivity index (χ1n) is 7.14. The Morgan fingerprint density at radius 1 is 1.35 bits per heavy atom. The molecule has 7 nitrogen and oxygen atoms in total. The van der Waals surface area contributed by atoms with E-state index in [2.05, 4.69) is 10.5 Å². The molecule has 0 saturated carbocycles. The van der Waals surface area contributed by atoms with Gasteiger partial charge in [-0.05, 0) is 10.7 Å². The molecule has 2 aromatic rings. The minimum absolute atomic E-state index is 0.108. The largest absolute Gasteiger partial charge is 0.480 e. The van der Waals surface area contributed by atoms with E-state index in [1.54, 1.807) is 6.07 Å². The Labute approximate surface area is 133 Å². The normalized spacial score (nSPS) is 11.7. The molecule has 1 aromatic heterocycles. The van der Waals surface area contributed by atoms with Gasteiger partial charge in [0, 0.05) is 25.3 Å². The Bertz CT molecular complexity index is 654. The van der Waals surface area contributed by atoms with Gasteiger partial charge in [0.2, 0.25) is 5.91 Å². The molecule has 1 aromatic carbocycles. The molecule has 0 bridgehead atoms. The number of carboxylic acids is 1. The quantitative estimate of drug-likeness (QED) is 0.763. The number of amides is 1. The van der Waals surface area contributed by atoms with Gasteiger partial charge in [-0.15, -0.1) is 0 Å². The second kappa shape index (κ2) is 7.98. The van der Waals surface area contributed by atoms with Crippen LogP contribution in [0.3, 0.4) is 0 Å². The van der Waals surface area contributed by atoms with Gasteiger partial charge in [-0.1, -0.05) is 30.3 Å². The molecule has 1 atom stereocenters. The topological polar surface area (TPSA) is 102 Å². The smallest absolute Gasteiger partial charge is 0.326 e. The summed E-state index contributed by atoms with van der Waals surface area (Å²) in [5, 5.41) is 15.4. The lowest BCUT2D eigenvalue weighted by Gasteiger charge is -2.14. The number of hydrogen-bond donors (Lipinski definition) is 2. The molecule has 2 rings (SSSR count). The van der Waals surface area contributed by atoms with Crippen LogP contribution in [0.4, 0.5) is 0 Å². The number of methoxy groups -OCH3 is 1. The highest BCUT2D eigenvalue weighted by Crippen LogP contribution is 2.12. The number of aromatic nitrogens is 1. The number of aryl methyl sites for hydroxylation is 1. The number of aliphatic carboxylic acids is 1. The second-order valence-corrected chi connectivity index (χ2v) is 4.98. The highest BCUT2D eigenvalue weighted by Gasteiger charge is 2.20. The van der Waals surface area contributed by atoms with Crippen molar-refractivity contribution >= 4 is 11.9 Å². The van der Waals surface area contributed by atoms with Crippen molar-refractivity contribution in [2.24, 2.45) is 0 Å². The van der Waals surface area contributed by atoms with Crippen LogP contribution in [0, 0.1) is 0 Å². The molecule has 0 radical (unpaired) electrons. The molecule has 0 aliphatic carbocycles. The van der Waals surface area contributed by atoms with Gasteiger partial charge in [-0.25, -0.2) is 4.79 Å². The number of rotatable bonds is 8. The fraction of sp³-hybridized carbons (Fsp3) is 0.312. The van der Waals surface area contributed by atoms with E-state index in [9.17, 15) is 14.7 Å². The number of benzene rings is 1. The third-order valence-corrected chi connectivity index (χ3v) is 3.26. The molecule has 0 spiro atoms. The number of carbonyl (C=O) groups excluding carboxylic acids is 1. The number of nitrogens with zero attached hydrogens (tertiary/aromatic N) is 1. The molecule has 0 unspecified atom stereocenters. The molecule has 0 aliphatic rings. The average molecular weight is 318 g/mol. The molecule has 0 fully saturated rings. The summed E-state index contributed by atoms with van der Waals surface area (Å²) in [4.78, 5) is 23.2. The van der Waals surface area contributed by atoms with Crippen molar-refractivity contribution in [3.63, 3.8) is 0 Å². The minimum atomic E-state index is -1.07. The monoisotopic (exact) mass is 318 g/mol. The molecule has 23 heavy (non-hydrogen) atoms. The molecular weight excluding hydrogens is 300 g/mol. The van der Waals surface area contributed by atoms with Crippen LogP contribution in [0.2, 0.25) is 0 Å². The Hall–Kier alpha value is -2.83. The van der Waals surface area contributed by atoms with Crippen molar-refractivity contribution in [3.8, 4) is 5.88 Å². The summed E-state index contributed by atoms with van der Waals surface area (Å²) >= 11 is 0. The maximum atomic E-state index is 11.9. The summed E-state index contributed by atoms with van der Waals surface area (Å²) < 4.78 is 9.86. The van der Waals surface area contributed by atoms with Crippen LogP contribution in [0.15, 0.2) is 40.9 Å². The Kier molecular flexibility index (Phi) is 5.74. The first kappa shape index (κ1) is 16.5. The SMILES string of the molecule is COc1cc(CCC(=O)N[C@@H](Cc2ccccc2)C(=O)O)on1. The highest BCUT2D eigenvalue weighted by atomic mass is 16.5. The average Bonchev–Trinajstić information content (AvgIpc) is 3.01. The summed E-state index contributed by atoms with van der Waals surface area (Å²) in [6.45, 7) is 0. The number of nitrogens with one attached hydrogen (secondary N) is 1. The van der Waals surface area contributed by atoms with Gasteiger partial charge in [0.05, 0.1) is 7.11 Å². The fourth-order valence-corrected chi connectivity index (χ4v) is 2.06. The molecule has 122 valence electrons. The molecular formula is C16H18N2O5. The van der Waals surface area contributed by atoms with Crippen molar-refractivity contribution in [3.05, 3.63) is 47.7 Å². The first-order valence-corrected chi connectivity index (χ1v) is 7.14.